The molecule has 0 aliphatic carbocycles. The highest BCUT2D eigenvalue weighted by molar-refractivity contribution is 8.00. The van der Waals surface area contributed by atoms with Gasteiger partial charge in [-0.2, -0.15) is 4.37 Å². The standard InChI is InChI=1S/C11H14N4S2/c1-2-10-14-11(17-15-10)16-7-8-4-3-5-13-9(8)6-12/h3-5H,2,6-7,12H2,1H3. The number of aromatic nitrogens is 3. The van der Waals surface area contributed by atoms with E-state index >= 15 is 0 Å². The minimum absolute atomic E-state index is 0.479. The molecule has 6 heteroatoms. The van der Waals surface area contributed by atoms with Crippen LogP contribution in [-0.2, 0) is 18.7 Å². The van der Waals surface area contributed by atoms with Crippen molar-refractivity contribution in [2.75, 3.05) is 0 Å². The molecule has 4 nitrogen and oxygen atoms in total. The molecule has 2 aromatic rings. The van der Waals surface area contributed by atoms with Gasteiger partial charge >= 0.3 is 0 Å². The molecule has 0 bridgehead atoms. The Morgan fingerprint density at radius 1 is 1.47 bits per heavy atom. The molecule has 0 aliphatic rings. The van der Waals surface area contributed by atoms with Crippen molar-refractivity contribution < 1.29 is 0 Å². The summed E-state index contributed by atoms with van der Waals surface area (Å²) in [5.74, 6) is 1.77. The molecule has 0 amide bonds. The van der Waals surface area contributed by atoms with E-state index in [1.807, 2.05) is 6.07 Å². The van der Waals surface area contributed by atoms with E-state index in [1.54, 1.807) is 18.0 Å². The van der Waals surface area contributed by atoms with Crippen molar-refractivity contribution in [3.05, 3.63) is 35.4 Å². The van der Waals surface area contributed by atoms with Crippen LogP contribution in [0, 0.1) is 0 Å². The number of hydrogen-bond acceptors (Lipinski definition) is 6. The Morgan fingerprint density at radius 3 is 3.06 bits per heavy atom. The SMILES string of the molecule is CCc1nsc(SCc2cccnc2CN)n1. The fourth-order valence-corrected chi connectivity index (χ4v) is 3.08. The Bertz CT molecular complexity index is 484. The first-order valence-electron chi connectivity index (χ1n) is 5.41. The zero-order valence-corrected chi connectivity index (χ0v) is 11.2. The van der Waals surface area contributed by atoms with E-state index in [9.17, 15) is 0 Å². The molecule has 0 unspecified atom stereocenters. The summed E-state index contributed by atoms with van der Waals surface area (Å²) in [6, 6.07) is 4.00. The van der Waals surface area contributed by atoms with Crippen LogP contribution in [0.15, 0.2) is 22.7 Å². The number of rotatable bonds is 5. The number of hydrogen-bond donors (Lipinski definition) is 1. The summed E-state index contributed by atoms with van der Waals surface area (Å²) < 4.78 is 5.27. The van der Waals surface area contributed by atoms with Gasteiger partial charge in [0.2, 0.25) is 0 Å². The zero-order chi connectivity index (χ0) is 12.1. The predicted octanol–water partition coefficient (Wildman–Crippen LogP) is 2.25. The minimum Gasteiger partial charge on any atom is -0.325 e. The van der Waals surface area contributed by atoms with Crippen LogP contribution in [0.1, 0.15) is 24.0 Å². The van der Waals surface area contributed by atoms with Gasteiger partial charge in [0.05, 0.1) is 5.69 Å². The van der Waals surface area contributed by atoms with E-state index in [1.165, 1.54) is 17.1 Å². The average Bonchev–Trinajstić information content (AvgIpc) is 2.84. The second-order valence-electron chi connectivity index (χ2n) is 3.43. The van der Waals surface area contributed by atoms with Gasteiger partial charge in [-0.25, -0.2) is 4.98 Å². The van der Waals surface area contributed by atoms with Gasteiger partial charge in [-0.1, -0.05) is 24.8 Å². The summed E-state index contributed by atoms with van der Waals surface area (Å²) in [5.41, 5.74) is 7.78. The van der Waals surface area contributed by atoms with Crippen LogP contribution >= 0.6 is 23.3 Å². The lowest BCUT2D eigenvalue weighted by Crippen LogP contribution is -2.03. The molecule has 0 aliphatic heterocycles. The molecule has 17 heavy (non-hydrogen) atoms. The van der Waals surface area contributed by atoms with Crippen molar-refractivity contribution in [3.8, 4) is 0 Å². The number of nitrogens with two attached hydrogens (primary N) is 1. The fraction of sp³-hybridized carbons (Fsp3) is 0.364. The van der Waals surface area contributed by atoms with E-state index in [0.29, 0.717) is 6.54 Å². The van der Waals surface area contributed by atoms with Crippen molar-refractivity contribution in [2.45, 2.75) is 30.0 Å². The fourth-order valence-electron chi connectivity index (χ4n) is 1.37. The van der Waals surface area contributed by atoms with E-state index < -0.39 is 0 Å². The number of nitrogens with zero attached hydrogens (tertiary/aromatic N) is 3. The maximum Gasteiger partial charge on any atom is 0.170 e. The molecule has 0 radical (unpaired) electrons. The van der Waals surface area contributed by atoms with Gasteiger partial charge in [0.15, 0.2) is 4.34 Å². The lowest BCUT2D eigenvalue weighted by Gasteiger charge is -2.04. The van der Waals surface area contributed by atoms with Gasteiger partial charge in [0, 0.05) is 24.9 Å². The lowest BCUT2D eigenvalue weighted by atomic mass is 10.2. The Kier molecular flexibility index (Phi) is 4.47. The van der Waals surface area contributed by atoms with Crippen molar-refractivity contribution in [1.29, 1.82) is 0 Å². The summed E-state index contributed by atoms with van der Waals surface area (Å²) in [6.45, 7) is 2.54. The molecular formula is C11H14N4S2. The Hall–Kier alpha value is -0.980. The minimum atomic E-state index is 0.479. The molecule has 0 aromatic carbocycles. The lowest BCUT2D eigenvalue weighted by molar-refractivity contribution is 0.960. The summed E-state index contributed by atoms with van der Waals surface area (Å²) in [7, 11) is 0. The van der Waals surface area contributed by atoms with Crippen LogP contribution in [-0.4, -0.2) is 14.3 Å². The molecule has 0 spiro atoms. The zero-order valence-electron chi connectivity index (χ0n) is 9.59. The van der Waals surface area contributed by atoms with Gasteiger partial charge < -0.3 is 5.73 Å². The van der Waals surface area contributed by atoms with Gasteiger partial charge in [0.25, 0.3) is 0 Å². The van der Waals surface area contributed by atoms with Crippen LogP contribution in [0.25, 0.3) is 0 Å². The molecule has 0 saturated carbocycles. The molecule has 2 aromatic heterocycles. The van der Waals surface area contributed by atoms with Gasteiger partial charge in [-0.15, -0.1) is 0 Å². The third kappa shape index (κ3) is 3.24. The van der Waals surface area contributed by atoms with Crippen LogP contribution < -0.4 is 5.73 Å². The molecule has 2 rings (SSSR count). The first kappa shape index (κ1) is 12.5. The maximum atomic E-state index is 5.65. The molecule has 2 heterocycles. The summed E-state index contributed by atoms with van der Waals surface area (Å²) in [4.78, 5) is 8.68. The number of thioether (sulfide) groups is 1. The van der Waals surface area contributed by atoms with Gasteiger partial charge in [0.1, 0.15) is 5.82 Å². The number of pyridine rings is 1. The Balaban J connectivity index is 2.01. The highest BCUT2D eigenvalue weighted by Gasteiger charge is 2.06. The molecule has 90 valence electrons. The van der Waals surface area contributed by atoms with Gasteiger partial charge in [-0.05, 0) is 23.2 Å². The van der Waals surface area contributed by atoms with Crippen LogP contribution in [0.4, 0.5) is 0 Å². The average molecular weight is 266 g/mol. The van der Waals surface area contributed by atoms with Crippen LogP contribution in [0.3, 0.4) is 0 Å². The normalized spacial score (nSPS) is 10.7. The molecular weight excluding hydrogens is 252 g/mol. The van der Waals surface area contributed by atoms with E-state index in [2.05, 4.69) is 27.3 Å². The second-order valence-corrected chi connectivity index (χ2v) is 5.41. The van der Waals surface area contributed by atoms with Crippen molar-refractivity contribution in [1.82, 2.24) is 14.3 Å². The van der Waals surface area contributed by atoms with E-state index in [4.69, 9.17) is 5.73 Å². The number of aryl methyl sites for hydroxylation is 1. The summed E-state index contributed by atoms with van der Waals surface area (Å²) in [6.07, 6.45) is 2.66. The third-order valence-corrected chi connectivity index (χ3v) is 4.21. The first-order chi connectivity index (χ1) is 8.33. The Morgan fingerprint density at radius 2 is 2.35 bits per heavy atom. The highest BCUT2D eigenvalue weighted by Crippen LogP contribution is 2.25. The van der Waals surface area contributed by atoms with Crippen LogP contribution in [0.2, 0.25) is 0 Å². The molecule has 0 saturated heterocycles. The van der Waals surface area contributed by atoms with Crippen molar-refractivity contribution in [3.63, 3.8) is 0 Å². The van der Waals surface area contributed by atoms with Crippen molar-refractivity contribution >= 4 is 23.3 Å². The first-order valence-corrected chi connectivity index (χ1v) is 7.17. The quantitative estimate of drug-likeness (QED) is 0.841. The highest BCUT2D eigenvalue weighted by atomic mass is 32.2. The monoisotopic (exact) mass is 266 g/mol. The van der Waals surface area contributed by atoms with Gasteiger partial charge in [-0.3, -0.25) is 4.98 Å². The molecule has 2 N–H and O–H groups in total. The summed E-state index contributed by atoms with van der Waals surface area (Å²) >= 11 is 3.15. The largest absolute Gasteiger partial charge is 0.325 e. The topological polar surface area (TPSA) is 64.7 Å². The third-order valence-electron chi connectivity index (χ3n) is 2.29. The second kappa shape index (κ2) is 6.09. The van der Waals surface area contributed by atoms with Crippen molar-refractivity contribution in [2.24, 2.45) is 5.73 Å². The Labute approximate surface area is 109 Å². The van der Waals surface area contributed by atoms with Crippen LogP contribution in [0.5, 0.6) is 0 Å². The smallest absolute Gasteiger partial charge is 0.170 e. The maximum absolute atomic E-state index is 5.65. The summed E-state index contributed by atoms with van der Waals surface area (Å²) in [5, 5.41) is 0. The molecule has 0 atom stereocenters. The van der Waals surface area contributed by atoms with E-state index in [0.717, 1.165) is 28.0 Å². The van der Waals surface area contributed by atoms with E-state index in [-0.39, 0.29) is 0 Å². The predicted molar refractivity (Wildman–Crippen MR) is 71.0 cm³/mol. The molecule has 0 fully saturated rings.